The van der Waals surface area contributed by atoms with Crippen molar-refractivity contribution < 1.29 is 5.21 Å². The molecule has 2 aromatic heterocycles. The SMILES string of the molecule is Cc1ccc(/C(N)=N/O)c(=O)n1Cc1ccsc1. The van der Waals surface area contributed by atoms with Gasteiger partial charge in [0, 0.05) is 5.69 Å². The normalized spacial score (nSPS) is 11.7. The van der Waals surface area contributed by atoms with Crippen molar-refractivity contribution in [1.82, 2.24) is 4.57 Å². The molecular formula is C12H13N3O2S. The van der Waals surface area contributed by atoms with Crippen LogP contribution < -0.4 is 11.3 Å². The summed E-state index contributed by atoms with van der Waals surface area (Å²) in [6.07, 6.45) is 0. The lowest BCUT2D eigenvalue weighted by Gasteiger charge is -2.10. The molecule has 6 heteroatoms. The molecule has 0 atom stereocenters. The lowest BCUT2D eigenvalue weighted by Crippen LogP contribution is -2.31. The molecule has 0 unspecified atom stereocenters. The van der Waals surface area contributed by atoms with Crippen LogP contribution in [0.15, 0.2) is 38.9 Å². The van der Waals surface area contributed by atoms with Gasteiger partial charge in [-0.25, -0.2) is 0 Å². The number of hydrogen-bond acceptors (Lipinski definition) is 4. The number of nitrogens with zero attached hydrogens (tertiary/aromatic N) is 2. The molecule has 3 N–H and O–H groups in total. The molecule has 0 aliphatic carbocycles. The fourth-order valence-electron chi connectivity index (χ4n) is 1.68. The van der Waals surface area contributed by atoms with E-state index in [2.05, 4.69) is 5.16 Å². The third-order valence-corrected chi connectivity index (χ3v) is 3.43. The van der Waals surface area contributed by atoms with E-state index < -0.39 is 0 Å². The fourth-order valence-corrected chi connectivity index (χ4v) is 2.34. The molecule has 0 saturated carbocycles. The molecule has 0 bridgehead atoms. The summed E-state index contributed by atoms with van der Waals surface area (Å²) in [5, 5.41) is 15.5. The summed E-state index contributed by atoms with van der Waals surface area (Å²) in [5.41, 5.74) is 7.32. The number of aromatic nitrogens is 1. The Morgan fingerprint density at radius 2 is 2.28 bits per heavy atom. The Bertz CT molecular complexity index is 629. The molecule has 0 saturated heterocycles. The van der Waals surface area contributed by atoms with Crippen LogP contribution in [0.1, 0.15) is 16.8 Å². The van der Waals surface area contributed by atoms with Gasteiger partial charge >= 0.3 is 0 Å². The summed E-state index contributed by atoms with van der Waals surface area (Å²) in [6, 6.07) is 5.31. The molecular weight excluding hydrogens is 250 g/mol. The monoisotopic (exact) mass is 263 g/mol. The maximum Gasteiger partial charge on any atom is 0.262 e. The quantitative estimate of drug-likeness (QED) is 0.380. The van der Waals surface area contributed by atoms with Gasteiger partial charge in [0.05, 0.1) is 12.1 Å². The molecule has 2 aromatic rings. The van der Waals surface area contributed by atoms with E-state index in [1.165, 1.54) is 0 Å². The fraction of sp³-hybridized carbons (Fsp3) is 0.167. The van der Waals surface area contributed by atoms with E-state index in [4.69, 9.17) is 10.9 Å². The van der Waals surface area contributed by atoms with Crippen LogP contribution in [0.5, 0.6) is 0 Å². The molecule has 94 valence electrons. The van der Waals surface area contributed by atoms with Crippen molar-refractivity contribution in [2.24, 2.45) is 10.9 Å². The maximum absolute atomic E-state index is 12.2. The summed E-state index contributed by atoms with van der Waals surface area (Å²) < 4.78 is 1.61. The average molecular weight is 263 g/mol. The molecule has 0 amide bonds. The Morgan fingerprint density at radius 3 is 2.89 bits per heavy atom. The number of aryl methyl sites for hydroxylation is 1. The highest BCUT2D eigenvalue weighted by molar-refractivity contribution is 7.07. The van der Waals surface area contributed by atoms with E-state index in [1.54, 1.807) is 28.0 Å². The summed E-state index contributed by atoms with van der Waals surface area (Å²) in [6.45, 7) is 2.34. The zero-order valence-corrected chi connectivity index (χ0v) is 10.6. The smallest absolute Gasteiger partial charge is 0.262 e. The zero-order chi connectivity index (χ0) is 13.1. The number of hydrogen-bond donors (Lipinski definition) is 2. The van der Waals surface area contributed by atoms with Crippen LogP contribution in [-0.2, 0) is 6.54 Å². The van der Waals surface area contributed by atoms with E-state index in [-0.39, 0.29) is 17.0 Å². The van der Waals surface area contributed by atoms with Gasteiger partial charge in [0.15, 0.2) is 5.84 Å². The highest BCUT2D eigenvalue weighted by atomic mass is 32.1. The predicted octanol–water partition coefficient (Wildman–Crippen LogP) is 1.36. The molecule has 0 radical (unpaired) electrons. The lowest BCUT2D eigenvalue weighted by molar-refractivity contribution is 0.318. The standard InChI is InChI=1S/C12H13N3O2S/c1-8-2-3-10(11(13)14-17)12(16)15(8)6-9-4-5-18-7-9/h2-5,7,17H,6H2,1H3,(H2,13,14). The first-order chi connectivity index (χ1) is 8.63. The average Bonchev–Trinajstić information content (AvgIpc) is 2.86. The Morgan fingerprint density at radius 1 is 1.50 bits per heavy atom. The van der Waals surface area contributed by atoms with E-state index in [9.17, 15) is 4.79 Å². The second-order valence-corrected chi connectivity index (χ2v) is 4.68. The zero-order valence-electron chi connectivity index (χ0n) is 9.83. The van der Waals surface area contributed by atoms with Crippen LogP contribution in [0.3, 0.4) is 0 Å². The maximum atomic E-state index is 12.2. The van der Waals surface area contributed by atoms with Gasteiger partial charge < -0.3 is 15.5 Å². The number of amidine groups is 1. The van der Waals surface area contributed by atoms with Crippen LogP contribution in [0.2, 0.25) is 0 Å². The van der Waals surface area contributed by atoms with Gasteiger partial charge in [0.2, 0.25) is 0 Å². The van der Waals surface area contributed by atoms with Gasteiger partial charge in [-0.3, -0.25) is 4.79 Å². The molecule has 5 nitrogen and oxygen atoms in total. The first-order valence-corrected chi connectivity index (χ1v) is 6.27. The van der Waals surface area contributed by atoms with Crippen LogP contribution >= 0.6 is 11.3 Å². The number of thiophene rings is 1. The highest BCUT2D eigenvalue weighted by Crippen LogP contribution is 2.09. The lowest BCUT2D eigenvalue weighted by atomic mass is 10.2. The Labute approximate surface area is 108 Å². The van der Waals surface area contributed by atoms with Gasteiger partial charge in [-0.2, -0.15) is 11.3 Å². The molecule has 2 rings (SSSR count). The van der Waals surface area contributed by atoms with Gasteiger partial charge in [-0.05, 0) is 41.4 Å². The summed E-state index contributed by atoms with van der Waals surface area (Å²) >= 11 is 1.58. The minimum absolute atomic E-state index is 0.168. The van der Waals surface area contributed by atoms with Gasteiger partial charge in [0.25, 0.3) is 5.56 Å². The summed E-state index contributed by atoms with van der Waals surface area (Å²) in [4.78, 5) is 12.2. The van der Waals surface area contributed by atoms with Gasteiger partial charge in [0.1, 0.15) is 0 Å². The minimum atomic E-state index is -0.253. The van der Waals surface area contributed by atoms with Crippen molar-refractivity contribution >= 4 is 17.2 Å². The van der Waals surface area contributed by atoms with Gasteiger partial charge in [-0.1, -0.05) is 5.16 Å². The summed E-state index contributed by atoms with van der Waals surface area (Å²) in [5.74, 6) is -0.168. The molecule has 0 aliphatic heterocycles. The van der Waals surface area contributed by atoms with Crippen molar-refractivity contribution in [3.05, 3.63) is 56.1 Å². The second-order valence-electron chi connectivity index (χ2n) is 3.90. The van der Waals surface area contributed by atoms with E-state index in [1.807, 2.05) is 23.8 Å². The number of pyridine rings is 1. The molecule has 18 heavy (non-hydrogen) atoms. The Kier molecular flexibility index (Phi) is 3.47. The Balaban J connectivity index is 2.50. The number of rotatable bonds is 3. The van der Waals surface area contributed by atoms with Crippen molar-refractivity contribution in [3.63, 3.8) is 0 Å². The summed E-state index contributed by atoms with van der Waals surface area (Å²) in [7, 11) is 0. The van der Waals surface area contributed by atoms with Crippen molar-refractivity contribution in [1.29, 1.82) is 0 Å². The van der Waals surface area contributed by atoms with E-state index in [0.717, 1.165) is 11.3 Å². The first kappa shape index (κ1) is 12.4. The van der Waals surface area contributed by atoms with Crippen molar-refractivity contribution in [3.8, 4) is 0 Å². The largest absolute Gasteiger partial charge is 0.409 e. The Hall–Kier alpha value is -2.08. The predicted molar refractivity (Wildman–Crippen MR) is 71.4 cm³/mol. The number of oxime groups is 1. The molecule has 0 aromatic carbocycles. The minimum Gasteiger partial charge on any atom is -0.409 e. The second kappa shape index (κ2) is 5.05. The van der Waals surface area contributed by atoms with Crippen LogP contribution in [0.25, 0.3) is 0 Å². The topological polar surface area (TPSA) is 80.6 Å². The number of nitrogens with two attached hydrogens (primary N) is 1. The van der Waals surface area contributed by atoms with Crippen LogP contribution in [0, 0.1) is 6.92 Å². The van der Waals surface area contributed by atoms with Crippen LogP contribution in [0.4, 0.5) is 0 Å². The van der Waals surface area contributed by atoms with Crippen LogP contribution in [-0.4, -0.2) is 15.6 Å². The third kappa shape index (κ3) is 2.28. The highest BCUT2D eigenvalue weighted by Gasteiger charge is 2.10. The van der Waals surface area contributed by atoms with Crippen molar-refractivity contribution in [2.75, 3.05) is 0 Å². The van der Waals surface area contributed by atoms with Crippen molar-refractivity contribution in [2.45, 2.75) is 13.5 Å². The molecule has 2 heterocycles. The van der Waals surface area contributed by atoms with E-state index >= 15 is 0 Å². The third-order valence-electron chi connectivity index (χ3n) is 2.70. The first-order valence-electron chi connectivity index (χ1n) is 5.33. The molecule has 0 fully saturated rings. The molecule has 0 spiro atoms. The van der Waals surface area contributed by atoms with Gasteiger partial charge in [-0.15, -0.1) is 0 Å². The van der Waals surface area contributed by atoms with E-state index in [0.29, 0.717) is 6.54 Å². The molecule has 0 aliphatic rings.